The van der Waals surface area contributed by atoms with Crippen LogP contribution < -0.4 is 4.74 Å². The highest BCUT2D eigenvalue weighted by molar-refractivity contribution is 5.82. The molecule has 1 heterocycles. The molecule has 1 aromatic heterocycles. The van der Waals surface area contributed by atoms with Crippen LogP contribution in [0.15, 0.2) is 48.5 Å². The van der Waals surface area contributed by atoms with Crippen molar-refractivity contribution in [2.45, 2.75) is 6.61 Å². The molecule has 0 saturated heterocycles. The van der Waals surface area contributed by atoms with Crippen LogP contribution in [0.25, 0.3) is 10.9 Å². The molecule has 0 amide bonds. The second-order valence-corrected chi connectivity index (χ2v) is 4.68. The second-order valence-electron chi connectivity index (χ2n) is 4.68. The highest BCUT2D eigenvalue weighted by atomic mass is 19.1. The Kier molecular flexibility index (Phi) is 3.06. The molecule has 0 aliphatic heterocycles. The third-order valence-corrected chi connectivity index (χ3v) is 3.31. The van der Waals surface area contributed by atoms with Gasteiger partial charge in [-0.2, -0.15) is 0 Å². The molecule has 4 heteroatoms. The number of nitrogens with zero attached hydrogens (tertiary/aromatic N) is 1. The van der Waals surface area contributed by atoms with Gasteiger partial charge >= 0.3 is 0 Å². The fraction of sp³-hybridized carbons (Fsp3) is 0.125. The van der Waals surface area contributed by atoms with E-state index in [1.807, 2.05) is 23.7 Å². The van der Waals surface area contributed by atoms with Gasteiger partial charge in [-0.1, -0.05) is 6.07 Å². The van der Waals surface area contributed by atoms with E-state index in [-0.39, 0.29) is 11.6 Å². The first-order chi connectivity index (χ1) is 9.63. The summed E-state index contributed by atoms with van der Waals surface area (Å²) in [6, 6.07) is 13.3. The molecule has 1 N–H and O–H groups in total. The normalized spacial score (nSPS) is 10.9. The van der Waals surface area contributed by atoms with E-state index in [4.69, 9.17) is 4.74 Å². The van der Waals surface area contributed by atoms with Gasteiger partial charge in [-0.05, 0) is 30.3 Å². The summed E-state index contributed by atoms with van der Waals surface area (Å²) in [5.41, 5.74) is 1.89. The molecule has 0 radical (unpaired) electrons. The predicted octanol–water partition coefficient (Wildman–Crippen LogP) is 3.60. The van der Waals surface area contributed by atoms with Crippen molar-refractivity contribution in [2.75, 3.05) is 0 Å². The first kappa shape index (κ1) is 12.5. The van der Waals surface area contributed by atoms with Gasteiger partial charge < -0.3 is 14.4 Å². The third-order valence-electron chi connectivity index (χ3n) is 3.31. The van der Waals surface area contributed by atoms with Gasteiger partial charge in [-0.3, -0.25) is 0 Å². The lowest BCUT2D eigenvalue weighted by atomic mass is 10.2. The van der Waals surface area contributed by atoms with Crippen molar-refractivity contribution in [3.63, 3.8) is 0 Å². The lowest BCUT2D eigenvalue weighted by molar-refractivity contribution is 0.296. The number of hydrogen-bond donors (Lipinski definition) is 1. The van der Waals surface area contributed by atoms with Crippen LogP contribution in [0.5, 0.6) is 11.5 Å². The molecular weight excluding hydrogens is 257 g/mol. The number of aryl methyl sites for hydroxylation is 1. The van der Waals surface area contributed by atoms with Gasteiger partial charge in [0.1, 0.15) is 23.9 Å². The number of aromatic hydroxyl groups is 1. The van der Waals surface area contributed by atoms with Crippen molar-refractivity contribution in [1.82, 2.24) is 4.57 Å². The van der Waals surface area contributed by atoms with E-state index in [1.165, 1.54) is 12.1 Å². The zero-order chi connectivity index (χ0) is 14.1. The molecular formula is C16H14FNO2. The molecule has 0 atom stereocenters. The van der Waals surface area contributed by atoms with Gasteiger partial charge in [-0.15, -0.1) is 0 Å². The Bertz CT molecular complexity index is 764. The van der Waals surface area contributed by atoms with Gasteiger partial charge in [-0.25, -0.2) is 4.39 Å². The van der Waals surface area contributed by atoms with E-state index in [0.717, 1.165) is 16.6 Å². The summed E-state index contributed by atoms with van der Waals surface area (Å²) in [5, 5.41) is 10.5. The maximum Gasteiger partial charge on any atom is 0.128 e. The van der Waals surface area contributed by atoms with Crippen molar-refractivity contribution in [1.29, 1.82) is 0 Å². The Balaban J connectivity index is 1.86. The molecule has 3 nitrogen and oxygen atoms in total. The average Bonchev–Trinajstić information content (AvgIpc) is 2.73. The van der Waals surface area contributed by atoms with E-state index >= 15 is 0 Å². The smallest absolute Gasteiger partial charge is 0.128 e. The van der Waals surface area contributed by atoms with Crippen LogP contribution in [0, 0.1) is 5.82 Å². The molecule has 3 rings (SSSR count). The minimum absolute atomic E-state index is 0.233. The first-order valence-corrected chi connectivity index (χ1v) is 6.29. The molecule has 0 saturated carbocycles. The van der Waals surface area contributed by atoms with Crippen LogP contribution in [0.1, 0.15) is 5.69 Å². The highest BCUT2D eigenvalue weighted by Crippen LogP contribution is 2.24. The van der Waals surface area contributed by atoms with E-state index in [1.54, 1.807) is 24.3 Å². The summed E-state index contributed by atoms with van der Waals surface area (Å²) in [4.78, 5) is 0. The minimum atomic E-state index is -0.315. The Hall–Kier alpha value is -2.49. The van der Waals surface area contributed by atoms with Crippen LogP contribution in [-0.4, -0.2) is 9.67 Å². The van der Waals surface area contributed by atoms with Crippen molar-refractivity contribution >= 4 is 10.9 Å². The van der Waals surface area contributed by atoms with Crippen molar-refractivity contribution in [3.8, 4) is 11.5 Å². The third kappa shape index (κ3) is 2.32. The summed E-state index contributed by atoms with van der Waals surface area (Å²) >= 11 is 0. The molecule has 2 aromatic carbocycles. The Labute approximate surface area is 115 Å². The Morgan fingerprint density at radius 2 is 2.00 bits per heavy atom. The van der Waals surface area contributed by atoms with E-state index in [2.05, 4.69) is 0 Å². The first-order valence-electron chi connectivity index (χ1n) is 6.29. The lowest BCUT2D eigenvalue weighted by Gasteiger charge is -2.07. The topological polar surface area (TPSA) is 34.4 Å². The summed E-state index contributed by atoms with van der Waals surface area (Å²) < 4.78 is 20.6. The number of ether oxygens (including phenoxy) is 1. The second kappa shape index (κ2) is 4.89. The van der Waals surface area contributed by atoms with Gasteiger partial charge in [0.15, 0.2) is 0 Å². The summed E-state index contributed by atoms with van der Waals surface area (Å²) in [7, 11) is 1.91. The molecule has 0 bridgehead atoms. The molecule has 102 valence electrons. The minimum Gasteiger partial charge on any atom is -0.508 e. The fourth-order valence-corrected chi connectivity index (χ4v) is 2.23. The zero-order valence-electron chi connectivity index (χ0n) is 11.0. The van der Waals surface area contributed by atoms with Gasteiger partial charge in [0.05, 0.1) is 11.2 Å². The van der Waals surface area contributed by atoms with Crippen LogP contribution in [0.2, 0.25) is 0 Å². The maximum atomic E-state index is 13.1. The summed E-state index contributed by atoms with van der Waals surface area (Å²) in [6.45, 7) is 0.343. The number of fused-ring (bicyclic) bond motifs is 1. The molecule has 0 aliphatic carbocycles. The maximum absolute atomic E-state index is 13.1. The van der Waals surface area contributed by atoms with Crippen LogP contribution in [-0.2, 0) is 13.7 Å². The number of phenols is 1. The fourth-order valence-electron chi connectivity index (χ4n) is 2.23. The number of aromatic nitrogens is 1. The van der Waals surface area contributed by atoms with E-state index in [9.17, 15) is 9.50 Å². The Morgan fingerprint density at radius 1 is 1.15 bits per heavy atom. The number of rotatable bonds is 3. The van der Waals surface area contributed by atoms with Crippen LogP contribution in [0.4, 0.5) is 4.39 Å². The number of benzene rings is 2. The van der Waals surface area contributed by atoms with Crippen molar-refractivity contribution in [2.24, 2.45) is 7.05 Å². The van der Waals surface area contributed by atoms with Crippen LogP contribution >= 0.6 is 0 Å². The molecule has 3 aromatic rings. The number of phenolic OH excluding ortho intramolecular Hbond substituents is 1. The van der Waals surface area contributed by atoms with E-state index in [0.29, 0.717) is 12.4 Å². The molecule has 0 spiro atoms. The largest absolute Gasteiger partial charge is 0.508 e. The molecule has 0 unspecified atom stereocenters. The van der Waals surface area contributed by atoms with Gasteiger partial charge in [0.2, 0.25) is 0 Å². The molecule has 20 heavy (non-hydrogen) atoms. The summed E-state index contributed by atoms with van der Waals surface area (Å²) in [6.07, 6.45) is 0. The predicted molar refractivity (Wildman–Crippen MR) is 75.3 cm³/mol. The average molecular weight is 271 g/mol. The monoisotopic (exact) mass is 271 g/mol. The van der Waals surface area contributed by atoms with E-state index < -0.39 is 0 Å². The summed E-state index contributed by atoms with van der Waals surface area (Å²) in [5.74, 6) is 0.416. The standard InChI is InChI=1S/C16H14FNO2/c1-18-13(7-11-5-6-14(19)9-16(11)18)10-20-15-4-2-3-12(17)8-15/h2-9,19H,10H2,1H3. The lowest BCUT2D eigenvalue weighted by Crippen LogP contribution is -2.01. The van der Waals surface area contributed by atoms with Crippen molar-refractivity contribution < 1.29 is 14.2 Å². The SMILES string of the molecule is Cn1c(COc2cccc(F)c2)cc2ccc(O)cc21. The van der Waals surface area contributed by atoms with Gasteiger partial charge in [0.25, 0.3) is 0 Å². The molecule has 0 fully saturated rings. The highest BCUT2D eigenvalue weighted by Gasteiger charge is 2.07. The quantitative estimate of drug-likeness (QED) is 0.789. The van der Waals surface area contributed by atoms with Gasteiger partial charge in [0, 0.05) is 24.6 Å². The Morgan fingerprint density at radius 3 is 2.80 bits per heavy atom. The van der Waals surface area contributed by atoms with Crippen LogP contribution in [0.3, 0.4) is 0 Å². The molecule has 0 aliphatic rings. The van der Waals surface area contributed by atoms with Crippen molar-refractivity contribution in [3.05, 3.63) is 60.0 Å². The number of halogens is 1. The number of hydrogen-bond acceptors (Lipinski definition) is 2. The zero-order valence-corrected chi connectivity index (χ0v) is 11.0.